The molecule has 0 aliphatic heterocycles. The summed E-state index contributed by atoms with van der Waals surface area (Å²) in [6.07, 6.45) is 0.959. The molecular formula is C17H31IN4. The Hall–Kier alpha value is -0.820. The minimum atomic E-state index is 0. The number of nitrogens with one attached hydrogen (secondary N) is 1. The van der Waals surface area contributed by atoms with Gasteiger partial charge < -0.3 is 11.1 Å². The maximum atomic E-state index is 5.90. The molecule has 0 atom stereocenters. The van der Waals surface area contributed by atoms with Crippen LogP contribution in [-0.4, -0.2) is 42.6 Å². The van der Waals surface area contributed by atoms with E-state index in [2.05, 4.69) is 67.2 Å². The highest BCUT2D eigenvalue weighted by Crippen LogP contribution is 2.03. The van der Waals surface area contributed by atoms with Crippen molar-refractivity contribution in [2.75, 3.05) is 19.6 Å². The van der Waals surface area contributed by atoms with E-state index in [4.69, 9.17) is 5.73 Å². The van der Waals surface area contributed by atoms with E-state index in [1.165, 1.54) is 5.56 Å². The lowest BCUT2D eigenvalue weighted by atomic mass is 10.1. The van der Waals surface area contributed by atoms with Crippen molar-refractivity contribution >= 4 is 29.9 Å². The second-order valence-electron chi connectivity index (χ2n) is 5.85. The lowest BCUT2D eigenvalue weighted by molar-refractivity contribution is 0.181. The van der Waals surface area contributed by atoms with Gasteiger partial charge in [0.2, 0.25) is 0 Å². The molecule has 0 aromatic heterocycles. The van der Waals surface area contributed by atoms with Crippen molar-refractivity contribution in [2.45, 2.75) is 46.2 Å². The van der Waals surface area contributed by atoms with Crippen molar-refractivity contribution in [3.63, 3.8) is 0 Å². The third-order valence-corrected chi connectivity index (χ3v) is 3.53. The maximum absolute atomic E-state index is 5.90. The zero-order valence-corrected chi connectivity index (χ0v) is 16.6. The molecule has 1 rings (SSSR count). The molecule has 5 heteroatoms. The van der Waals surface area contributed by atoms with Crippen LogP contribution in [0.15, 0.2) is 35.3 Å². The van der Waals surface area contributed by atoms with Crippen LogP contribution < -0.4 is 11.1 Å². The average molecular weight is 418 g/mol. The van der Waals surface area contributed by atoms with Gasteiger partial charge in [0.25, 0.3) is 0 Å². The van der Waals surface area contributed by atoms with Gasteiger partial charge in [-0.3, -0.25) is 9.89 Å². The lowest BCUT2D eigenvalue weighted by Crippen LogP contribution is -2.39. The quantitative estimate of drug-likeness (QED) is 0.388. The molecule has 22 heavy (non-hydrogen) atoms. The van der Waals surface area contributed by atoms with Crippen LogP contribution in [0.2, 0.25) is 0 Å². The number of nitrogens with two attached hydrogens (primary N) is 1. The fraction of sp³-hybridized carbons (Fsp3) is 0.588. The van der Waals surface area contributed by atoms with Crippen LogP contribution in [0.4, 0.5) is 0 Å². The molecule has 0 spiro atoms. The van der Waals surface area contributed by atoms with E-state index >= 15 is 0 Å². The second-order valence-corrected chi connectivity index (χ2v) is 5.85. The molecule has 0 heterocycles. The van der Waals surface area contributed by atoms with Crippen molar-refractivity contribution < 1.29 is 0 Å². The Morgan fingerprint density at radius 2 is 1.73 bits per heavy atom. The predicted molar refractivity (Wildman–Crippen MR) is 107 cm³/mol. The van der Waals surface area contributed by atoms with Gasteiger partial charge in [-0.25, -0.2) is 0 Å². The lowest BCUT2D eigenvalue weighted by Gasteiger charge is -2.29. The van der Waals surface area contributed by atoms with E-state index in [9.17, 15) is 0 Å². The summed E-state index contributed by atoms with van der Waals surface area (Å²) in [5.74, 6) is 0.540. The van der Waals surface area contributed by atoms with Crippen molar-refractivity contribution in [1.29, 1.82) is 0 Å². The van der Waals surface area contributed by atoms with Crippen LogP contribution >= 0.6 is 24.0 Å². The first-order valence-corrected chi connectivity index (χ1v) is 7.84. The molecule has 0 saturated carbocycles. The van der Waals surface area contributed by atoms with Gasteiger partial charge in [0.05, 0.1) is 6.54 Å². The van der Waals surface area contributed by atoms with Gasteiger partial charge in [0.1, 0.15) is 0 Å². The number of hydrogen-bond donors (Lipinski definition) is 2. The third-order valence-electron chi connectivity index (χ3n) is 3.53. The van der Waals surface area contributed by atoms with E-state index in [-0.39, 0.29) is 24.0 Å². The van der Waals surface area contributed by atoms with Crippen molar-refractivity contribution in [1.82, 2.24) is 10.2 Å². The van der Waals surface area contributed by atoms with Crippen molar-refractivity contribution in [3.8, 4) is 0 Å². The van der Waals surface area contributed by atoms with Crippen LogP contribution in [0.3, 0.4) is 0 Å². The minimum absolute atomic E-state index is 0. The highest BCUT2D eigenvalue weighted by Gasteiger charge is 2.11. The van der Waals surface area contributed by atoms with E-state index in [0.29, 0.717) is 18.0 Å². The van der Waals surface area contributed by atoms with Crippen LogP contribution in [0.1, 0.15) is 33.3 Å². The highest BCUT2D eigenvalue weighted by molar-refractivity contribution is 14.0. The zero-order valence-electron chi connectivity index (χ0n) is 14.2. The predicted octanol–water partition coefficient (Wildman–Crippen LogP) is 2.87. The van der Waals surface area contributed by atoms with Gasteiger partial charge in [0.15, 0.2) is 5.96 Å². The number of halogens is 1. The third kappa shape index (κ3) is 8.58. The monoisotopic (exact) mass is 418 g/mol. The molecule has 0 radical (unpaired) electrons. The first-order valence-electron chi connectivity index (χ1n) is 7.84. The molecule has 0 aliphatic carbocycles. The Morgan fingerprint density at radius 3 is 2.27 bits per heavy atom. The molecule has 0 fully saturated rings. The Kier molecular flexibility index (Phi) is 11.3. The fourth-order valence-electron chi connectivity index (χ4n) is 2.43. The number of nitrogens with zero attached hydrogens (tertiary/aromatic N) is 2. The summed E-state index contributed by atoms with van der Waals surface area (Å²) < 4.78 is 0. The summed E-state index contributed by atoms with van der Waals surface area (Å²) in [6, 6.07) is 11.5. The van der Waals surface area contributed by atoms with Gasteiger partial charge in [0, 0.05) is 25.2 Å². The molecule has 0 bridgehead atoms. The average Bonchev–Trinajstić information content (AvgIpc) is 2.44. The molecular weight excluding hydrogens is 387 g/mol. The van der Waals surface area contributed by atoms with Gasteiger partial charge in [-0.05, 0) is 39.7 Å². The fourth-order valence-corrected chi connectivity index (χ4v) is 2.43. The van der Waals surface area contributed by atoms with E-state index in [1.807, 2.05) is 6.07 Å². The Balaban J connectivity index is 0.00000441. The van der Waals surface area contributed by atoms with E-state index < -0.39 is 0 Å². The number of aliphatic imine (C=N–C) groups is 1. The summed E-state index contributed by atoms with van der Waals surface area (Å²) in [5, 5.41) is 3.17. The molecule has 0 unspecified atom stereocenters. The smallest absolute Gasteiger partial charge is 0.188 e. The van der Waals surface area contributed by atoms with Gasteiger partial charge in [-0.2, -0.15) is 0 Å². The van der Waals surface area contributed by atoms with Gasteiger partial charge >= 0.3 is 0 Å². The van der Waals surface area contributed by atoms with Crippen LogP contribution in [0, 0.1) is 0 Å². The molecule has 0 saturated heterocycles. The Morgan fingerprint density at radius 1 is 1.14 bits per heavy atom. The summed E-state index contributed by atoms with van der Waals surface area (Å²) >= 11 is 0. The molecule has 3 N–H and O–H groups in total. The SMILES string of the molecule is CC(C)N(CCN=C(N)NCCc1ccccc1)C(C)C.I. The maximum Gasteiger partial charge on any atom is 0.188 e. The molecule has 0 aliphatic rings. The summed E-state index contributed by atoms with van der Waals surface area (Å²) in [5.41, 5.74) is 7.21. The first-order chi connectivity index (χ1) is 10.0. The topological polar surface area (TPSA) is 53.6 Å². The summed E-state index contributed by atoms with van der Waals surface area (Å²) in [4.78, 5) is 6.82. The van der Waals surface area contributed by atoms with Gasteiger partial charge in [-0.15, -0.1) is 24.0 Å². The van der Waals surface area contributed by atoms with Gasteiger partial charge in [-0.1, -0.05) is 30.3 Å². The molecule has 1 aromatic rings. The summed E-state index contributed by atoms with van der Waals surface area (Å²) in [6.45, 7) is 11.3. The Bertz CT molecular complexity index is 410. The van der Waals surface area contributed by atoms with E-state index in [0.717, 1.165) is 26.1 Å². The normalized spacial score (nSPS) is 11.9. The number of hydrogen-bond acceptors (Lipinski definition) is 2. The van der Waals surface area contributed by atoms with Crippen molar-refractivity contribution in [3.05, 3.63) is 35.9 Å². The molecule has 4 nitrogen and oxygen atoms in total. The molecule has 126 valence electrons. The minimum Gasteiger partial charge on any atom is -0.370 e. The van der Waals surface area contributed by atoms with Crippen LogP contribution in [0.5, 0.6) is 0 Å². The molecule has 1 aromatic carbocycles. The Labute approximate surface area is 152 Å². The van der Waals surface area contributed by atoms with Crippen LogP contribution in [-0.2, 0) is 6.42 Å². The largest absolute Gasteiger partial charge is 0.370 e. The van der Waals surface area contributed by atoms with Crippen LogP contribution in [0.25, 0.3) is 0 Å². The second kappa shape index (κ2) is 11.7. The standard InChI is InChI=1S/C17H30N4.HI/c1-14(2)21(15(3)4)13-12-20-17(18)19-11-10-16-8-6-5-7-9-16;/h5-9,14-15H,10-13H2,1-4H3,(H3,18,19,20);1H. The highest BCUT2D eigenvalue weighted by atomic mass is 127. The number of benzene rings is 1. The molecule has 0 amide bonds. The zero-order chi connectivity index (χ0) is 15.7. The number of rotatable bonds is 8. The van der Waals surface area contributed by atoms with Crippen molar-refractivity contribution in [2.24, 2.45) is 10.7 Å². The first kappa shape index (κ1) is 21.2. The van der Waals surface area contributed by atoms with E-state index in [1.54, 1.807) is 0 Å². The number of guanidine groups is 1. The summed E-state index contributed by atoms with van der Waals surface area (Å²) in [7, 11) is 0.